The maximum Gasteiger partial charge on any atom is 0.227 e. The van der Waals surface area contributed by atoms with Crippen molar-refractivity contribution in [2.75, 3.05) is 4.90 Å². The minimum absolute atomic E-state index is 0.617. The van der Waals surface area contributed by atoms with Crippen molar-refractivity contribution in [3.63, 3.8) is 0 Å². The quantitative estimate of drug-likeness (QED) is 0.145. The predicted octanol–water partition coefficient (Wildman–Crippen LogP) is 17.6. The van der Waals surface area contributed by atoms with E-state index in [4.69, 9.17) is 9.40 Å². The molecule has 0 unspecified atom stereocenters. The molecule has 0 atom stereocenters. The van der Waals surface area contributed by atoms with Crippen molar-refractivity contribution in [1.82, 2.24) is 4.98 Å². The Labute approximate surface area is 384 Å². The lowest BCUT2D eigenvalue weighted by Gasteiger charge is -2.26. The average molecular weight is 843 g/mol. The normalized spacial score (nSPS) is 11.3. The summed E-state index contributed by atoms with van der Waals surface area (Å²) in [5, 5.41) is 4.68. The second-order valence-corrected chi connectivity index (χ2v) is 16.8. The van der Waals surface area contributed by atoms with Gasteiger partial charge in [-0.1, -0.05) is 188 Å². The van der Waals surface area contributed by atoms with Crippen molar-refractivity contribution in [3.05, 3.63) is 255 Å². The number of oxazole rings is 1. The zero-order chi connectivity index (χ0) is 43.8. The van der Waals surface area contributed by atoms with Crippen LogP contribution in [-0.2, 0) is 0 Å². The van der Waals surface area contributed by atoms with Gasteiger partial charge in [-0.25, -0.2) is 4.98 Å². The molecule has 0 aliphatic rings. The Morgan fingerprint density at radius 2 is 0.758 bits per heavy atom. The number of benzene rings is 11. The third-order valence-corrected chi connectivity index (χ3v) is 12.7. The molecule has 12 aromatic rings. The number of nitrogens with zero attached hydrogens (tertiary/aromatic N) is 2. The van der Waals surface area contributed by atoms with Crippen molar-refractivity contribution in [1.29, 1.82) is 0 Å². The van der Waals surface area contributed by atoms with Crippen molar-refractivity contribution < 1.29 is 4.42 Å². The van der Waals surface area contributed by atoms with E-state index >= 15 is 0 Å². The SMILES string of the molecule is c1ccc(-c2ccc(-c3nc4c(ccc5ccc(-c6cccc(-c7cccc(N(c8ccc(-c9ccccc9)cc8)c8ccc(-c9cccc%10ccccc9%10)cc8)c7)c6)cc54)o3)cc2)cc1. The van der Waals surface area contributed by atoms with E-state index in [1.54, 1.807) is 0 Å². The molecule has 310 valence electrons. The summed E-state index contributed by atoms with van der Waals surface area (Å²) >= 11 is 0. The van der Waals surface area contributed by atoms with E-state index in [9.17, 15) is 0 Å². The van der Waals surface area contributed by atoms with Gasteiger partial charge in [0.05, 0.1) is 0 Å². The van der Waals surface area contributed by atoms with Gasteiger partial charge in [0.1, 0.15) is 5.52 Å². The van der Waals surface area contributed by atoms with Gasteiger partial charge < -0.3 is 9.32 Å². The van der Waals surface area contributed by atoms with Crippen molar-refractivity contribution >= 4 is 49.7 Å². The van der Waals surface area contributed by atoms with Gasteiger partial charge >= 0.3 is 0 Å². The first-order chi connectivity index (χ1) is 32.7. The molecule has 1 heterocycles. The smallest absolute Gasteiger partial charge is 0.227 e. The fourth-order valence-electron chi connectivity index (χ4n) is 9.30. The fraction of sp³-hybridized carbons (Fsp3) is 0. The molecule has 0 saturated heterocycles. The third kappa shape index (κ3) is 7.39. The molecule has 11 aromatic carbocycles. The minimum Gasteiger partial charge on any atom is -0.436 e. The highest BCUT2D eigenvalue weighted by Gasteiger charge is 2.17. The van der Waals surface area contributed by atoms with Gasteiger partial charge in [-0.2, -0.15) is 0 Å². The third-order valence-electron chi connectivity index (χ3n) is 12.7. The maximum absolute atomic E-state index is 6.38. The standard InChI is InChI=1S/C63H42N2O/c1-3-12-43(13-4-1)45-24-27-50(28-25-45)63-64-62-60-42-54(29-26-49(60)34-39-61(62)66-63)52-19-9-18-51(40-52)53-20-10-21-57(41-53)65(55-35-30-46(31-36-55)44-14-5-2-6-15-44)56-37-32-48(33-38-56)59-23-11-17-47-16-7-8-22-58(47)59/h1-42H. The Balaban J connectivity index is 0.887. The Bertz CT molecular complexity index is 3660. The molecule has 0 fully saturated rings. The molecule has 0 saturated carbocycles. The molecule has 0 spiro atoms. The highest BCUT2D eigenvalue weighted by Crippen LogP contribution is 2.40. The molecule has 1 aromatic heterocycles. The lowest BCUT2D eigenvalue weighted by Crippen LogP contribution is -2.10. The molecule has 0 N–H and O–H groups in total. The Kier molecular flexibility index (Phi) is 9.85. The highest BCUT2D eigenvalue weighted by atomic mass is 16.3. The van der Waals surface area contributed by atoms with Crippen LogP contribution in [0.2, 0.25) is 0 Å². The zero-order valence-electron chi connectivity index (χ0n) is 36.1. The van der Waals surface area contributed by atoms with E-state index in [0.29, 0.717) is 5.89 Å². The number of aromatic nitrogens is 1. The van der Waals surface area contributed by atoms with Crippen LogP contribution in [0, 0.1) is 0 Å². The molecule has 3 heteroatoms. The van der Waals surface area contributed by atoms with Crippen molar-refractivity contribution in [2.45, 2.75) is 0 Å². The molecule has 0 amide bonds. The van der Waals surface area contributed by atoms with E-state index in [1.165, 1.54) is 38.6 Å². The van der Waals surface area contributed by atoms with E-state index < -0.39 is 0 Å². The number of fused-ring (bicyclic) bond motifs is 4. The van der Waals surface area contributed by atoms with Gasteiger partial charge in [0.2, 0.25) is 5.89 Å². The van der Waals surface area contributed by atoms with Crippen LogP contribution in [0.15, 0.2) is 259 Å². The van der Waals surface area contributed by atoms with Crippen molar-refractivity contribution in [2.24, 2.45) is 0 Å². The second-order valence-electron chi connectivity index (χ2n) is 16.8. The van der Waals surface area contributed by atoms with Crippen LogP contribution in [0.1, 0.15) is 0 Å². The van der Waals surface area contributed by atoms with Crippen LogP contribution in [0.25, 0.3) is 99.7 Å². The fourth-order valence-corrected chi connectivity index (χ4v) is 9.30. The monoisotopic (exact) mass is 842 g/mol. The number of rotatable bonds is 9. The maximum atomic E-state index is 6.38. The minimum atomic E-state index is 0.617. The van der Waals surface area contributed by atoms with E-state index in [1.807, 2.05) is 12.1 Å². The molecule has 12 rings (SSSR count). The highest BCUT2D eigenvalue weighted by molar-refractivity contribution is 6.06. The Hall–Kier alpha value is -8.79. The molecule has 0 bridgehead atoms. The molecule has 3 nitrogen and oxygen atoms in total. The largest absolute Gasteiger partial charge is 0.436 e. The van der Waals surface area contributed by atoms with Crippen LogP contribution in [0.5, 0.6) is 0 Å². The summed E-state index contributed by atoms with van der Waals surface area (Å²) in [6, 6.07) is 90.9. The topological polar surface area (TPSA) is 29.3 Å². The van der Waals surface area contributed by atoms with Crippen molar-refractivity contribution in [3.8, 4) is 67.1 Å². The van der Waals surface area contributed by atoms with Gasteiger partial charge in [0.15, 0.2) is 5.58 Å². The first-order valence-corrected chi connectivity index (χ1v) is 22.4. The van der Waals surface area contributed by atoms with Gasteiger partial charge in [0.25, 0.3) is 0 Å². The van der Waals surface area contributed by atoms with Crippen LogP contribution in [0.3, 0.4) is 0 Å². The molecule has 0 aliphatic heterocycles. The summed E-state index contributed by atoms with van der Waals surface area (Å²) in [7, 11) is 0. The predicted molar refractivity (Wildman–Crippen MR) is 276 cm³/mol. The first kappa shape index (κ1) is 38.9. The summed E-state index contributed by atoms with van der Waals surface area (Å²) in [5.41, 5.74) is 17.5. The van der Waals surface area contributed by atoms with Gasteiger partial charge in [-0.05, 0) is 139 Å². The number of hydrogen-bond donors (Lipinski definition) is 0. The van der Waals surface area contributed by atoms with E-state index in [-0.39, 0.29) is 0 Å². The van der Waals surface area contributed by atoms with Gasteiger partial charge in [-0.15, -0.1) is 0 Å². The van der Waals surface area contributed by atoms with Crippen LogP contribution in [-0.4, -0.2) is 4.98 Å². The van der Waals surface area contributed by atoms with Crippen LogP contribution in [0.4, 0.5) is 17.1 Å². The zero-order valence-corrected chi connectivity index (χ0v) is 36.1. The Morgan fingerprint density at radius 1 is 0.288 bits per heavy atom. The lowest BCUT2D eigenvalue weighted by molar-refractivity contribution is 0.620. The van der Waals surface area contributed by atoms with E-state index in [0.717, 1.165) is 72.3 Å². The lowest BCUT2D eigenvalue weighted by atomic mass is 9.96. The van der Waals surface area contributed by atoms with Crippen LogP contribution >= 0.6 is 0 Å². The molecule has 0 aliphatic carbocycles. The Morgan fingerprint density at radius 3 is 1.45 bits per heavy atom. The molecular weight excluding hydrogens is 801 g/mol. The summed E-state index contributed by atoms with van der Waals surface area (Å²) in [6.07, 6.45) is 0. The second kappa shape index (κ2) is 16.7. The molecule has 66 heavy (non-hydrogen) atoms. The number of hydrogen-bond acceptors (Lipinski definition) is 3. The molecule has 0 radical (unpaired) electrons. The summed E-state index contributed by atoms with van der Waals surface area (Å²) in [5.74, 6) is 0.617. The summed E-state index contributed by atoms with van der Waals surface area (Å²) in [4.78, 5) is 7.43. The molecular formula is C63H42N2O. The van der Waals surface area contributed by atoms with Gasteiger partial charge in [-0.3, -0.25) is 0 Å². The average Bonchev–Trinajstić information content (AvgIpc) is 3.85. The first-order valence-electron chi connectivity index (χ1n) is 22.4. The summed E-state index contributed by atoms with van der Waals surface area (Å²) < 4.78 is 6.38. The van der Waals surface area contributed by atoms with Gasteiger partial charge in [0, 0.05) is 28.0 Å². The van der Waals surface area contributed by atoms with Crippen LogP contribution < -0.4 is 4.90 Å². The van der Waals surface area contributed by atoms with E-state index in [2.05, 4.69) is 248 Å². The number of anilines is 3. The summed E-state index contributed by atoms with van der Waals surface area (Å²) in [6.45, 7) is 0.